The number of amides is 2. The van der Waals surface area contributed by atoms with Crippen LogP contribution < -0.4 is 21.5 Å². The first-order valence-corrected chi connectivity index (χ1v) is 11.6. The van der Waals surface area contributed by atoms with Gasteiger partial charge in [-0.15, -0.1) is 0 Å². The summed E-state index contributed by atoms with van der Waals surface area (Å²) in [7, 11) is -3.71. The number of hydrogen-bond acceptors (Lipinski definition) is 7. The standard InChI is InChI=1S/C20H22N4O5S/c1-30(28,29)15-7-6-12(23-8-4-2-3-5-9-23)10-14(15)24-16(25)11-13-17(18(24)21)20(27)22-19(13)26/h6-7,10-11H,2-5,8-9,21H2,1H3,(H,22,26,27). The molecule has 0 spiro atoms. The van der Waals surface area contributed by atoms with Crippen molar-refractivity contribution in [3.8, 4) is 5.69 Å². The number of hydrogen-bond donors (Lipinski definition) is 2. The van der Waals surface area contributed by atoms with Gasteiger partial charge in [0.05, 0.1) is 21.7 Å². The maximum Gasteiger partial charge on any atom is 0.262 e. The summed E-state index contributed by atoms with van der Waals surface area (Å²) in [5, 5.41) is 2.11. The molecule has 0 unspecified atom stereocenters. The molecule has 2 amide bonds. The van der Waals surface area contributed by atoms with Gasteiger partial charge >= 0.3 is 0 Å². The van der Waals surface area contributed by atoms with E-state index in [4.69, 9.17) is 5.73 Å². The number of sulfone groups is 1. The Balaban J connectivity index is 1.97. The van der Waals surface area contributed by atoms with Crippen LogP contribution in [0.2, 0.25) is 0 Å². The third-order valence-corrected chi connectivity index (χ3v) is 6.65. The number of carbonyl (C=O) groups is 2. The van der Waals surface area contributed by atoms with E-state index < -0.39 is 27.2 Å². The second-order valence-electron chi connectivity index (χ2n) is 7.60. The Morgan fingerprint density at radius 1 is 0.967 bits per heavy atom. The number of nitrogen functional groups attached to an aromatic ring is 1. The molecular weight excluding hydrogens is 408 g/mol. The van der Waals surface area contributed by atoms with Gasteiger partial charge in [0.2, 0.25) is 0 Å². The van der Waals surface area contributed by atoms with E-state index >= 15 is 0 Å². The van der Waals surface area contributed by atoms with E-state index in [0.717, 1.165) is 61.3 Å². The van der Waals surface area contributed by atoms with Gasteiger partial charge in [-0.2, -0.15) is 0 Å². The molecule has 3 N–H and O–H groups in total. The Kier molecular flexibility index (Phi) is 4.89. The molecule has 2 aliphatic heterocycles. The van der Waals surface area contributed by atoms with E-state index in [2.05, 4.69) is 10.2 Å². The summed E-state index contributed by atoms with van der Waals surface area (Å²) in [5.41, 5.74) is 6.04. The van der Waals surface area contributed by atoms with Crippen LogP contribution in [0, 0.1) is 0 Å². The molecule has 1 aromatic carbocycles. The lowest BCUT2D eigenvalue weighted by atomic mass is 10.1. The average molecular weight is 430 g/mol. The number of nitrogens with two attached hydrogens (primary N) is 1. The van der Waals surface area contributed by atoms with Gasteiger partial charge < -0.3 is 10.6 Å². The first kappa shape index (κ1) is 20.1. The molecule has 0 aliphatic carbocycles. The van der Waals surface area contributed by atoms with Crippen molar-refractivity contribution in [2.45, 2.75) is 30.6 Å². The predicted molar refractivity (Wildman–Crippen MR) is 112 cm³/mol. The molecule has 2 aliphatic rings. The van der Waals surface area contributed by atoms with Gasteiger partial charge in [-0.25, -0.2) is 8.42 Å². The highest BCUT2D eigenvalue weighted by Gasteiger charge is 2.33. The van der Waals surface area contributed by atoms with Crippen LogP contribution >= 0.6 is 0 Å². The minimum atomic E-state index is -3.71. The monoisotopic (exact) mass is 430 g/mol. The van der Waals surface area contributed by atoms with Crippen molar-refractivity contribution in [1.82, 2.24) is 9.88 Å². The summed E-state index contributed by atoms with van der Waals surface area (Å²) < 4.78 is 25.9. The number of imide groups is 1. The zero-order chi connectivity index (χ0) is 21.6. The minimum Gasteiger partial charge on any atom is -0.384 e. The Hall–Kier alpha value is -3.14. The molecule has 30 heavy (non-hydrogen) atoms. The van der Waals surface area contributed by atoms with Crippen molar-refractivity contribution in [1.29, 1.82) is 0 Å². The Morgan fingerprint density at radius 3 is 2.27 bits per heavy atom. The normalized spacial score (nSPS) is 16.9. The van der Waals surface area contributed by atoms with Crippen molar-refractivity contribution in [3.63, 3.8) is 0 Å². The van der Waals surface area contributed by atoms with Crippen LogP contribution in [0.5, 0.6) is 0 Å². The Bertz CT molecular complexity index is 1220. The Morgan fingerprint density at radius 2 is 1.63 bits per heavy atom. The molecule has 0 bridgehead atoms. The van der Waals surface area contributed by atoms with Gasteiger partial charge in [0.25, 0.3) is 17.4 Å². The van der Waals surface area contributed by atoms with E-state index in [1.54, 1.807) is 12.1 Å². The fourth-order valence-electron chi connectivity index (χ4n) is 4.05. The van der Waals surface area contributed by atoms with E-state index in [1.807, 2.05) is 0 Å². The van der Waals surface area contributed by atoms with Gasteiger partial charge in [0.1, 0.15) is 5.82 Å². The number of anilines is 2. The summed E-state index contributed by atoms with van der Waals surface area (Å²) in [6.07, 6.45) is 5.34. The summed E-state index contributed by atoms with van der Waals surface area (Å²) in [5.74, 6) is -1.68. The van der Waals surface area contributed by atoms with E-state index in [-0.39, 0.29) is 27.5 Å². The van der Waals surface area contributed by atoms with Gasteiger partial charge in [0, 0.05) is 31.1 Å². The van der Waals surface area contributed by atoms with Crippen LogP contribution in [-0.4, -0.2) is 44.1 Å². The molecule has 0 atom stereocenters. The lowest BCUT2D eigenvalue weighted by Gasteiger charge is -2.24. The molecule has 1 saturated heterocycles. The summed E-state index contributed by atoms with van der Waals surface area (Å²) in [6, 6.07) is 5.79. The van der Waals surface area contributed by atoms with Crippen LogP contribution in [0.15, 0.2) is 34.0 Å². The second-order valence-corrected chi connectivity index (χ2v) is 9.58. The lowest BCUT2D eigenvalue weighted by molar-refractivity contribution is 0.0880. The molecule has 158 valence electrons. The first-order valence-electron chi connectivity index (χ1n) is 9.69. The van der Waals surface area contributed by atoms with Crippen LogP contribution in [0.3, 0.4) is 0 Å². The fraction of sp³-hybridized carbons (Fsp3) is 0.350. The zero-order valence-corrected chi connectivity index (χ0v) is 17.3. The number of fused-ring (bicyclic) bond motifs is 1. The highest BCUT2D eigenvalue weighted by atomic mass is 32.2. The zero-order valence-electron chi connectivity index (χ0n) is 16.5. The van der Waals surface area contributed by atoms with Crippen molar-refractivity contribution in [3.05, 3.63) is 45.7 Å². The van der Waals surface area contributed by atoms with Crippen LogP contribution in [0.4, 0.5) is 11.5 Å². The minimum absolute atomic E-state index is 0.0664. The molecule has 1 aromatic heterocycles. The second kappa shape index (κ2) is 7.28. The SMILES string of the molecule is CS(=O)(=O)c1ccc(N2CCCCCC2)cc1-n1c(N)c2c(cc1=O)C(=O)NC2=O. The third-order valence-electron chi connectivity index (χ3n) is 5.51. The van der Waals surface area contributed by atoms with Gasteiger partial charge in [-0.1, -0.05) is 12.8 Å². The summed E-state index contributed by atoms with van der Waals surface area (Å²) in [4.78, 5) is 39.0. The van der Waals surface area contributed by atoms with E-state index in [9.17, 15) is 22.8 Å². The van der Waals surface area contributed by atoms with Gasteiger partial charge in [-0.05, 0) is 31.0 Å². The fourth-order valence-corrected chi connectivity index (χ4v) is 4.89. The summed E-state index contributed by atoms with van der Waals surface area (Å²) >= 11 is 0. The van der Waals surface area contributed by atoms with Crippen molar-refractivity contribution in [2.24, 2.45) is 0 Å². The highest BCUT2D eigenvalue weighted by Crippen LogP contribution is 2.30. The number of rotatable bonds is 3. The molecule has 3 heterocycles. The summed E-state index contributed by atoms with van der Waals surface area (Å²) in [6.45, 7) is 1.65. The first-order chi connectivity index (χ1) is 14.2. The Labute approximate surface area is 173 Å². The average Bonchev–Trinajstić information content (AvgIpc) is 2.86. The number of nitrogens with zero attached hydrogens (tertiary/aromatic N) is 2. The number of aromatic nitrogens is 1. The maximum absolute atomic E-state index is 12.9. The van der Waals surface area contributed by atoms with Crippen LogP contribution in [0.25, 0.3) is 5.69 Å². The number of nitrogens with one attached hydrogen (secondary N) is 1. The number of carbonyl (C=O) groups excluding carboxylic acids is 2. The number of benzene rings is 1. The quantitative estimate of drug-likeness (QED) is 0.697. The molecule has 2 aromatic rings. The van der Waals surface area contributed by atoms with Crippen LogP contribution in [-0.2, 0) is 9.84 Å². The molecule has 9 nitrogen and oxygen atoms in total. The maximum atomic E-state index is 12.9. The van der Waals surface area contributed by atoms with E-state index in [1.165, 1.54) is 6.07 Å². The van der Waals surface area contributed by atoms with Crippen molar-refractivity contribution >= 4 is 33.2 Å². The third kappa shape index (κ3) is 3.36. The molecule has 0 saturated carbocycles. The number of pyridine rings is 1. The predicted octanol–water partition coefficient (Wildman–Crippen LogP) is 1.09. The smallest absolute Gasteiger partial charge is 0.262 e. The van der Waals surface area contributed by atoms with Crippen LogP contribution in [0.1, 0.15) is 46.4 Å². The van der Waals surface area contributed by atoms with Crippen molar-refractivity contribution in [2.75, 3.05) is 30.0 Å². The van der Waals surface area contributed by atoms with E-state index in [0.29, 0.717) is 0 Å². The van der Waals surface area contributed by atoms with Gasteiger partial charge in [0.15, 0.2) is 9.84 Å². The highest BCUT2D eigenvalue weighted by molar-refractivity contribution is 7.90. The van der Waals surface area contributed by atoms with Gasteiger partial charge in [-0.3, -0.25) is 24.3 Å². The molecule has 10 heteroatoms. The molecule has 0 radical (unpaired) electrons. The largest absolute Gasteiger partial charge is 0.384 e. The molecule has 4 rings (SSSR count). The lowest BCUT2D eigenvalue weighted by Crippen LogP contribution is -2.27. The van der Waals surface area contributed by atoms with Crippen molar-refractivity contribution < 1.29 is 18.0 Å². The molecular formula is C20H22N4O5S. The topological polar surface area (TPSA) is 132 Å². The molecule has 1 fully saturated rings.